The summed E-state index contributed by atoms with van der Waals surface area (Å²) in [6.45, 7) is 5.26. The quantitative estimate of drug-likeness (QED) is 0.824. The van der Waals surface area contributed by atoms with Gasteiger partial charge in [0.15, 0.2) is 0 Å². The van der Waals surface area contributed by atoms with Gasteiger partial charge in [-0.15, -0.1) is 0 Å². The summed E-state index contributed by atoms with van der Waals surface area (Å²) in [6, 6.07) is 2.47. The van der Waals surface area contributed by atoms with Crippen LogP contribution in [0, 0.1) is 12.8 Å². The van der Waals surface area contributed by atoms with Gasteiger partial charge in [0.25, 0.3) is 0 Å². The molecule has 1 amide bonds. The molecule has 0 bridgehead atoms. The summed E-state index contributed by atoms with van der Waals surface area (Å²) in [6.07, 6.45) is 1.90. The predicted octanol–water partition coefficient (Wildman–Crippen LogP) is 2.31. The minimum Gasteiger partial charge on any atom is -0.508 e. The van der Waals surface area contributed by atoms with E-state index in [0.717, 1.165) is 12.8 Å². The fourth-order valence-corrected chi connectivity index (χ4v) is 3.24. The Morgan fingerprint density at radius 3 is 2.62 bits per heavy atom. The molecule has 2 N–H and O–H groups in total. The predicted molar refractivity (Wildman–Crippen MR) is 89.2 cm³/mol. The van der Waals surface area contributed by atoms with Gasteiger partial charge in [0.2, 0.25) is 5.91 Å². The standard InChI is InChI=1S/C18H21NO5/c1-10-3-5-19(6-4-10)16(22)9-13-11(2)17-14(21)7-12(20)8-15(17)24-18(13)23/h7-8,10,20-21H,3-6,9H2,1-2H3. The molecule has 0 atom stereocenters. The summed E-state index contributed by atoms with van der Waals surface area (Å²) in [5, 5.41) is 19.9. The first-order valence-corrected chi connectivity index (χ1v) is 8.13. The maximum absolute atomic E-state index is 12.5. The molecule has 1 aromatic heterocycles. The second-order valence-corrected chi connectivity index (χ2v) is 6.57. The van der Waals surface area contributed by atoms with Gasteiger partial charge in [0.1, 0.15) is 17.1 Å². The summed E-state index contributed by atoms with van der Waals surface area (Å²) < 4.78 is 5.19. The molecule has 0 aliphatic carbocycles. The van der Waals surface area contributed by atoms with Gasteiger partial charge in [-0.05, 0) is 31.2 Å². The van der Waals surface area contributed by atoms with Gasteiger partial charge in [-0.25, -0.2) is 4.79 Å². The average Bonchev–Trinajstić information content (AvgIpc) is 2.50. The van der Waals surface area contributed by atoms with Crippen molar-refractivity contribution in [2.75, 3.05) is 13.1 Å². The highest BCUT2D eigenvalue weighted by Gasteiger charge is 2.23. The van der Waals surface area contributed by atoms with Crippen molar-refractivity contribution >= 4 is 16.9 Å². The van der Waals surface area contributed by atoms with Crippen LogP contribution in [0.3, 0.4) is 0 Å². The van der Waals surface area contributed by atoms with Gasteiger partial charge < -0.3 is 19.5 Å². The smallest absolute Gasteiger partial charge is 0.340 e. The number of fused-ring (bicyclic) bond motifs is 1. The van der Waals surface area contributed by atoms with Gasteiger partial charge in [-0.2, -0.15) is 0 Å². The molecule has 1 saturated heterocycles. The van der Waals surface area contributed by atoms with E-state index < -0.39 is 5.63 Å². The summed E-state index contributed by atoms with van der Waals surface area (Å²) in [4.78, 5) is 26.5. The van der Waals surface area contributed by atoms with Crippen molar-refractivity contribution in [1.29, 1.82) is 0 Å². The number of hydrogen-bond acceptors (Lipinski definition) is 5. The fraction of sp³-hybridized carbons (Fsp3) is 0.444. The normalized spacial score (nSPS) is 15.8. The number of carbonyl (C=O) groups is 1. The third-order valence-corrected chi connectivity index (χ3v) is 4.81. The van der Waals surface area contributed by atoms with Crippen molar-refractivity contribution < 1.29 is 19.4 Å². The lowest BCUT2D eigenvalue weighted by Crippen LogP contribution is -2.39. The van der Waals surface area contributed by atoms with E-state index in [0.29, 0.717) is 30.0 Å². The van der Waals surface area contributed by atoms with E-state index in [1.165, 1.54) is 12.1 Å². The number of benzene rings is 1. The van der Waals surface area contributed by atoms with Gasteiger partial charge >= 0.3 is 5.63 Å². The number of phenolic OH excluding ortho intramolecular Hbond substituents is 2. The van der Waals surface area contributed by atoms with E-state index in [-0.39, 0.29) is 35.0 Å². The number of rotatable bonds is 2. The molecule has 24 heavy (non-hydrogen) atoms. The van der Waals surface area contributed by atoms with E-state index in [9.17, 15) is 19.8 Å². The van der Waals surface area contributed by atoms with Crippen LogP contribution in [-0.2, 0) is 11.2 Å². The molecule has 1 aromatic carbocycles. The number of amides is 1. The van der Waals surface area contributed by atoms with Crippen molar-refractivity contribution in [3.05, 3.63) is 33.7 Å². The average molecular weight is 331 g/mol. The number of phenols is 2. The topological polar surface area (TPSA) is 91.0 Å². The Bertz CT molecular complexity index is 847. The third kappa shape index (κ3) is 2.96. The van der Waals surface area contributed by atoms with Crippen molar-refractivity contribution in [2.24, 2.45) is 5.92 Å². The Labute approximate surface area is 139 Å². The molecule has 2 aromatic rings. The molecule has 0 saturated carbocycles. The van der Waals surface area contributed by atoms with Crippen LogP contribution in [0.4, 0.5) is 0 Å². The van der Waals surface area contributed by atoms with Crippen LogP contribution in [-0.4, -0.2) is 34.1 Å². The van der Waals surface area contributed by atoms with Gasteiger partial charge in [-0.1, -0.05) is 6.92 Å². The summed E-state index contributed by atoms with van der Waals surface area (Å²) in [5.41, 5.74) is 0.270. The van der Waals surface area contributed by atoms with Gasteiger partial charge in [0, 0.05) is 25.2 Å². The molecule has 3 rings (SSSR count). The maximum atomic E-state index is 12.5. The second-order valence-electron chi connectivity index (χ2n) is 6.57. The van der Waals surface area contributed by atoms with E-state index in [1.54, 1.807) is 11.8 Å². The Hall–Kier alpha value is -2.50. The molecule has 0 unspecified atom stereocenters. The largest absolute Gasteiger partial charge is 0.508 e. The van der Waals surface area contributed by atoms with Crippen LogP contribution in [0.15, 0.2) is 21.3 Å². The lowest BCUT2D eigenvalue weighted by Gasteiger charge is -2.30. The molecule has 0 radical (unpaired) electrons. The zero-order valence-electron chi connectivity index (χ0n) is 13.8. The van der Waals surface area contributed by atoms with E-state index in [4.69, 9.17) is 4.42 Å². The fourth-order valence-electron chi connectivity index (χ4n) is 3.24. The highest BCUT2D eigenvalue weighted by molar-refractivity contribution is 5.90. The van der Waals surface area contributed by atoms with Crippen molar-refractivity contribution in [1.82, 2.24) is 4.90 Å². The summed E-state index contributed by atoms with van der Waals surface area (Å²) in [5.74, 6) is 0.154. The second kappa shape index (κ2) is 6.19. The van der Waals surface area contributed by atoms with Gasteiger partial charge in [-0.3, -0.25) is 4.79 Å². The van der Waals surface area contributed by atoms with Crippen LogP contribution in [0.5, 0.6) is 11.5 Å². The Morgan fingerprint density at radius 1 is 1.29 bits per heavy atom. The minimum absolute atomic E-state index is 0.0429. The van der Waals surface area contributed by atoms with E-state index >= 15 is 0 Å². The van der Waals surface area contributed by atoms with Crippen LogP contribution in [0.2, 0.25) is 0 Å². The zero-order chi connectivity index (χ0) is 17.4. The molecule has 2 heterocycles. The molecule has 1 fully saturated rings. The summed E-state index contributed by atoms with van der Waals surface area (Å²) in [7, 11) is 0. The first-order valence-electron chi connectivity index (χ1n) is 8.13. The van der Waals surface area contributed by atoms with Crippen LogP contribution < -0.4 is 5.63 Å². The molecule has 6 heteroatoms. The Morgan fingerprint density at radius 2 is 1.96 bits per heavy atom. The SMILES string of the molecule is Cc1c(CC(=O)N2CCC(C)CC2)c(=O)oc2cc(O)cc(O)c12. The van der Waals surface area contributed by atoms with E-state index in [2.05, 4.69) is 6.92 Å². The Kier molecular flexibility index (Phi) is 4.22. The van der Waals surface area contributed by atoms with E-state index in [1.807, 2.05) is 0 Å². The third-order valence-electron chi connectivity index (χ3n) is 4.81. The minimum atomic E-state index is -0.608. The van der Waals surface area contributed by atoms with Crippen molar-refractivity contribution in [3.63, 3.8) is 0 Å². The zero-order valence-corrected chi connectivity index (χ0v) is 13.8. The van der Waals surface area contributed by atoms with Crippen molar-refractivity contribution in [2.45, 2.75) is 33.1 Å². The van der Waals surface area contributed by atoms with Crippen molar-refractivity contribution in [3.8, 4) is 11.5 Å². The lowest BCUT2D eigenvalue weighted by atomic mass is 9.98. The van der Waals surface area contributed by atoms with Crippen LogP contribution >= 0.6 is 0 Å². The van der Waals surface area contributed by atoms with Gasteiger partial charge in [0.05, 0.1) is 17.4 Å². The molecule has 0 spiro atoms. The number of hydrogen-bond donors (Lipinski definition) is 2. The number of aryl methyl sites for hydroxylation is 1. The summed E-state index contributed by atoms with van der Waals surface area (Å²) >= 11 is 0. The molecular weight excluding hydrogens is 310 g/mol. The number of piperidine rings is 1. The number of nitrogens with zero attached hydrogens (tertiary/aromatic N) is 1. The highest BCUT2D eigenvalue weighted by atomic mass is 16.4. The molecule has 6 nitrogen and oxygen atoms in total. The monoisotopic (exact) mass is 331 g/mol. The Balaban J connectivity index is 1.95. The van der Waals surface area contributed by atoms with Crippen LogP contribution in [0.25, 0.3) is 11.0 Å². The molecular formula is C18H21NO5. The molecule has 1 aliphatic heterocycles. The maximum Gasteiger partial charge on any atom is 0.340 e. The number of likely N-dealkylation sites (tertiary alicyclic amines) is 1. The number of aromatic hydroxyl groups is 2. The first-order chi connectivity index (χ1) is 11.4. The first kappa shape index (κ1) is 16.4. The molecule has 1 aliphatic rings. The highest BCUT2D eigenvalue weighted by Crippen LogP contribution is 2.32. The molecule has 128 valence electrons. The number of carbonyl (C=O) groups excluding carboxylic acids is 1. The lowest BCUT2D eigenvalue weighted by molar-refractivity contribution is -0.131. The van der Waals surface area contributed by atoms with Crippen LogP contribution in [0.1, 0.15) is 30.9 Å².